The smallest absolute Gasteiger partial charge is 0.252 e. The van der Waals surface area contributed by atoms with E-state index in [1.54, 1.807) is 10.9 Å². The van der Waals surface area contributed by atoms with Crippen LogP contribution in [0.25, 0.3) is 11.5 Å². The Hall–Kier alpha value is -2.64. The number of anilines is 1. The van der Waals surface area contributed by atoms with Gasteiger partial charge in [-0.1, -0.05) is 6.07 Å². The first-order chi connectivity index (χ1) is 13.1. The van der Waals surface area contributed by atoms with Crippen LogP contribution in [-0.4, -0.2) is 33.8 Å². The quantitative estimate of drug-likeness (QED) is 0.700. The van der Waals surface area contributed by atoms with Gasteiger partial charge in [-0.15, -0.1) is 12.4 Å². The van der Waals surface area contributed by atoms with E-state index >= 15 is 0 Å². The van der Waals surface area contributed by atoms with E-state index in [0.717, 1.165) is 35.8 Å². The zero-order valence-electron chi connectivity index (χ0n) is 15.9. The third-order valence-electron chi connectivity index (χ3n) is 5.19. The van der Waals surface area contributed by atoms with Crippen molar-refractivity contribution in [1.29, 1.82) is 0 Å². The molecule has 1 saturated heterocycles. The molecule has 0 radical (unpaired) electrons. The van der Waals surface area contributed by atoms with E-state index in [4.69, 9.17) is 4.42 Å². The van der Waals surface area contributed by atoms with Crippen LogP contribution in [0.2, 0.25) is 0 Å². The fourth-order valence-corrected chi connectivity index (χ4v) is 3.50. The fraction of sp³-hybridized carbons (Fsp3) is 0.350. The summed E-state index contributed by atoms with van der Waals surface area (Å²) in [7, 11) is 0. The number of carbonyl (C=O) groups is 1. The Bertz CT molecular complexity index is 926. The number of aryl methyl sites for hydroxylation is 2. The number of piperidine rings is 1. The third kappa shape index (κ3) is 3.68. The molecule has 0 spiro atoms. The van der Waals surface area contributed by atoms with Gasteiger partial charge in [-0.2, -0.15) is 5.10 Å². The van der Waals surface area contributed by atoms with E-state index in [1.807, 2.05) is 50.4 Å². The average molecular weight is 402 g/mol. The van der Waals surface area contributed by atoms with Gasteiger partial charge in [-0.05, 0) is 64.0 Å². The molecule has 3 aromatic rings. The van der Waals surface area contributed by atoms with Crippen LogP contribution in [0.4, 0.5) is 5.69 Å². The number of carbonyl (C=O) groups excluding carboxylic acids is 1. The van der Waals surface area contributed by atoms with Crippen LogP contribution in [-0.2, 0) is 10.3 Å². The lowest BCUT2D eigenvalue weighted by Gasteiger charge is -2.36. The molecule has 0 saturated carbocycles. The number of rotatable bonds is 4. The Morgan fingerprint density at radius 3 is 2.68 bits per heavy atom. The predicted octanol–water partition coefficient (Wildman–Crippen LogP) is 3.29. The molecular formula is C20H24ClN5O2. The molecule has 2 aromatic heterocycles. The Morgan fingerprint density at radius 1 is 1.25 bits per heavy atom. The second-order valence-electron chi connectivity index (χ2n) is 6.93. The second kappa shape index (κ2) is 8.16. The topological polar surface area (TPSA) is 85.0 Å². The molecule has 1 aliphatic heterocycles. The van der Waals surface area contributed by atoms with Crippen molar-refractivity contribution in [2.75, 3.05) is 18.4 Å². The summed E-state index contributed by atoms with van der Waals surface area (Å²) in [6, 6.07) is 9.43. The van der Waals surface area contributed by atoms with Crippen molar-refractivity contribution in [1.82, 2.24) is 20.1 Å². The maximum atomic E-state index is 13.3. The molecule has 0 bridgehead atoms. The summed E-state index contributed by atoms with van der Waals surface area (Å²) < 4.78 is 7.49. The Labute approximate surface area is 169 Å². The summed E-state index contributed by atoms with van der Waals surface area (Å²) in [5.74, 6) is 1.31. The van der Waals surface area contributed by atoms with Gasteiger partial charge in [-0.25, -0.2) is 4.98 Å². The van der Waals surface area contributed by atoms with Crippen LogP contribution in [0.5, 0.6) is 0 Å². The maximum Gasteiger partial charge on any atom is 0.252 e. The molecule has 0 aliphatic carbocycles. The minimum Gasteiger partial charge on any atom is -0.441 e. The summed E-state index contributed by atoms with van der Waals surface area (Å²) in [5, 5.41) is 10.7. The van der Waals surface area contributed by atoms with Crippen LogP contribution in [0.1, 0.15) is 24.3 Å². The number of hydrogen-bond acceptors (Lipinski definition) is 5. The molecule has 1 fully saturated rings. The van der Waals surface area contributed by atoms with E-state index in [2.05, 4.69) is 20.7 Å². The second-order valence-corrected chi connectivity index (χ2v) is 6.93. The van der Waals surface area contributed by atoms with Gasteiger partial charge in [0.15, 0.2) is 0 Å². The molecular weight excluding hydrogens is 378 g/mol. The van der Waals surface area contributed by atoms with Gasteiger partial charge in [-0.3, -0.25) is 9.48 Å². The number of halogens is 1. The number of benzene rings is 1. The van der Waals surface area contributed by atoms with E-state index in [-0.39, 0.29) is 18.3 Å². The molecule has 4 rings (SSSR count). The Kier molecular flexibility index (Phi) is 5.86. The maximum absolute atomic E-state index is 13.3. The standard InChI is InChI=1S/C20H23N5O2.ClH/c1-14-15(2)27-18(23-14)16-5-3-6-17(13-16)24-19(26)20(7-10-21-11-8-20)25-12-4-9-22-25;/h3-6,9,12-13,21H,7-8,10-11H2,1-2H3,(H,24,26);1H. The average Bonchev–Trinajstić information content (AvgIpc) is 3.33. The molecule has 7 nitrogen and oxygen atoms in total. The number of nitrogens with zero attached hydrogens (tertiary/aromatic N) is 3. The van der Waals surface area contributed by atoms with Crippen molar-refractivity contribution in [3.8, 4) is 11.5 Å². The third-order valence-corrected chi connectivity index (χ3v) is 5.19. The van der Waals surface area contributed by atoms with Gasteiger partial charge < -0.3 is 15.1 Å². The van der Waals surface area contributed by atoms with Crippen LogP contribution < -0.4 is 10.6 Å². The molecule has 28 heavy (non-hydrogen) atoms. The number of hydrogen-bond donors (Lipinski definition) is 2. The summed E-state index contributed by atoms with van der Waals surface area (Å²) >= 11 is 0. The lowest BCUT2D eigenvalue weighted by molar-refractivity contribution is -0.126. The largest absolute Gasteiger partial charge is 0.441 e. The Morgan fingerprint density at radius 2 is 2.04 bits per heavy atom. The minimum absolute atomic E-state index is 0. The van der Waals surface area contributed by atoms with E-state index in [0.29, 0.717) is 18.7 Å². The SMILES string of the molecule is Cc1nc(-c2cccc(NC(=O)C3(n4cccn4)CCNCC3)c2)oc1C.Cl. The van der Waals surface area contributed by atoms with Crippen molar-refractivity contribution >= 4 is 24.0 Å². The minimum atomic E-state index is -0.680. The van der Waals surface area contributed by atoms with Gasteiger partial charge in [0.1, 0.15) is 11.3 Å². The molecule has 3 heterocycles. The molecule has 1 aromatic carbocycles. The molecule has 0 atom stereocenters. The van der Waals surface area contributed by atoms with Crippen LogP contribution in [0.3, 0.4) is 0 Å². The van der Waals surface area contributed by atoms with E-state index in [1.165, 1.54) is 0 Å². The zero-order valence-corrected chi connectivity index (χ0v) is 16.8. The zero-order chi connectivity index (χ0) is 18.9. The van der Waals surface area contributed by atoms with Crippen molar-refractivity contribution in [2.24, 2.45) is 0 Å². The number of nitrogens with one attached hydrogen (secondary N) is 2. The predicted molar refractivity (Wildman–Crippen MR) is 110 cm³/mol. The van der Waals surface area contributed by atoms with Gasteiger partial charge in [0.25, 0.3) is 5.91 Å². The molecule has 1 amide bonds. The van der Waals surface area contributed by atoms with Crippen molar-refractivity contribution in [3.05, 3.63) is 54.2 Å². The lowest BCUT2D eigenvalue weighted by atomic mass is 9.87. The molecule has 148 valence electrons. The summed E-state index contributed by atoms with van der Waals surface area (Å²) in [4.78, 5) is 17.7. The van der Waals surface area contributed by atoms with Gasteiger partial charge in [0, 0.05) is 23.6 Å². The monoisotopic (exact) mass is 401 g/mol. The highest BCUT2D eigenvalue weighted by Crippen LogP contribution is 2.30. The highest BCUT2D eigenvalue weighted by Gasteiger charge is 2.42. The number of amides is 1. The Balaban J connectivity index is 0.00000225. The first kappa shape index (κ1) is 20.1. The summed E-state index contributed by atoms with van der Waals surface area (Å²) in [6.07, 6.45) is 4.96. The van der Waals surface area contributed by atoms with Gasteiger partial charge in [0.05, 0.1) is 5.69 Å². The summed E-state index contributed by atoms with van der Waals surface area (Å²) in [5.41, 5.74) is 1.74. The normalized spacial score (nSPS) is 15.6. The molecule has 2 N–H and O–H groups in total. The molecule has 1 aliphatic rings. The van der Waals surface area contributed by atoms with E-state index in [9.17, 15) is 4.79 Å². The lowest BCUT2D eigenvalue weighted by Crippen LogP contribution is -2.52. The summed E-state index contributed by atoms with van der Waals surface area (Å²) in [6.45, 7) is 5.37. The highest BCUT2D eigenvalue weighted by atomic mass is 35.5. The van der Waals surface area contributed by atoms with Crippen LogP contribution >= 0.6 is 12.4 Å². The number of aromatic nitrogens is 3. The van der Waals surface area contributed by atoms with Crippen LogP contribution in [0, 0.1) is 13.8 Å². The fourth-order valence-electron chi connectivity index (χ4n) is 3.50. The molecule has 0 unspecified atom stereocenters. The van der Waals surface area contributed by atoms with Gasteiger partial charge in [0.2, 0.25) is 5.89 Å². The van der Waals surface area contributed by atoms with Crippen molar-refractivity contribution in [2.45, 2.75) is 32.2 Å². The van der Waals surface area contributed by atoms with Crippen molar-refractivity contribution < 1.29 is 9.21 Å². The first-order valence-electron chi connectivity index (χ1n) is 9.15. The molecule has 8 heteroatoms. The first-order valence-corrected chi connectivity index (χ1v) is 9.15. The number of oxazole rings is 1. The van der Waals surface area contributed by atoms with Crippen LogP contribution in [0.15, 0.2) is 47.1 Å². The van der Waals surface area contributed by atoms with Gasteiger partial charge >= 0.3 is 0 Å². The van der Waals surface area contributed by atoms with Crippen molar-refractivity contribution in [3.63, 3.8) is 0 Å². The van der Waals surface area contributed by atoms with E-state index < -0.39 is 5.54 Å². The highest BCUT2D eigenvalue weighted by molar-refractivity contribution is 5.97.